The molecule has 4 rings (SSSR count). The van der Waals surface area contributed by atoms with Gasteiger partial charge in [0.25, 0.3) is 0 Å². The van der Waals surface area contributed by atoms with Crippen LogP contribution in [-0.4, -0.2) is 53.5 Å². The Labute approximate surface area is 160 Å². The number of nitrogens with zero attached hydrogens (tertiary/aromatic N) is 5. The second-order valence-corrected chi connectivity index (χ2v) is 7.67. The molecule has 7 nitrogen and oxygen atoms in total. The second kappa shape index (κ2) is 7.55. The van der Waals surface area contributed by atoms with E-state index < -0.39 is 11.5 Å². The molecule has 1 saturated carbocycles. The van der Waals surface area contributed by atoms with Crippen molar-refractivity contribution < 1.29 is 4.79 Å². The second-order valence-electron chi connectivity index (χ2n) is 7.67. The summed E-state index contributed by atoms with van der Waals surface area (Å²) in [6.45, 7) is 3.23. The van der Waals surface area contributed by atoms with Crippen LogP contribution in [-0.2, 0) is 4.79 Å². The zero-order chi connectivity index (χ0) is 18.7. The van der Waals surface area contributed by atoms with Gasteiger partial charge in [-0.15, -0.1) is 0 Å². The predicted octanol–water partition coefficient (Wildman–Crippen LogP) is 1.92. The first kappa shape index (κ1) is 17.8. The normalized spacial score (nSPS) is 25.4. The van der Waals surface area contributed by atoms with E-state index in [1.54, 1.807) is 0 Å². The molecule has 2 aliphatic heterocycles. The zero-order valence-electron chi connectivity index (χ0n) is 15.6. The summed E-state index contributed by atoms with van der Waals surface area (Å²) >= 11 is 0. The Bertz CT molecular complexity index is 739. The Kier molecular flexibility index (Phi) is 4.97. The van der Waals surface area contributed by atoms with Crippen LogP contribution >= 0.6 is 0 Å². The molecule has 1 N–H and O–H groups in total. The fourth-order valence-electron chi connectivity index (χ4n) is 4.49. The molecule has 1 aromatic rings. The maximum Gasteiger partial charge on any atom is 0.246 e. The maximum absolute atomic E-state index is 12.7. The molecule has 27 heavy (non-hydrogen) atoms. The third-order valence-electron chi connectivity index (χ3n) is 6.01. The van der Waals surface area contributed by atoms with Crippen molar-refractivity contribution in [3.8, 4) is 6.07 Å². The van der Waals surface area contributed by atoms with E-state index in [9.17, 15) is 10.1 Å². The summed E-state index contributed by atoms with van der Waals surface area (Å²) in [5.74, 6) is 0.788. The van der Waals surface area contributed by atoms with Crippen LogP contribution in [0.2, 0.25) is 0 Å². The van der Waals surface area contributed by atoms with Crippen LogP contribution in [0.15, 0.2) is 29.4 Å². The van der Waals surface area contributed by atoms with E-state index in [0.29, 0.717) is 5.96 Å². The number of nitriles is 1. The molecule has 142 valence electrons. The van der Waals surface area contributed by atoms with Crippen molar-refractivity contribution in [2.75, 3.05) is 31.1 Å². The molecular weight excluding hydrogens is 340 g/mol. The molecule has 0 radical (unpaired) electrons. The summed E-state index contributed by atoms with van der Waals surface area (Å²) in [5.41, 5.74) is -0.541. The number of pyridine rings is 1. The van der Waals surface area contributed by atoms with E-state index in [1.807, 2.05) is 24.4 Å². The van der Waals surface area contributed by atoms with Gasteiger partial charge in [0.2, 0.25) is 11.9 Å². The highest BCUT2D eigenvalue weighted by Crippen LogP contribution is 2.39. The predicted molar refractivity (Wildman–Crippen MR) is 103 cm³/mol. The van der Waals surface area contributed by atoms with Gasteiger partial charge in [-0.25, -0.2) is 9.98 Å². The number of hydrogen-bond donors (Lipinski definition) is 1. The average Bonchev–Trinajstić information content (AvgIpc) is 2.94. The first-order valence-electron chi connectivity index (χ1n) is 9.93. The topological polar surface area (TPSA) is 84.6 Å². The molecule has 3 heterocycles. The summed E-state index contributed by atoms with van der Waals surface area (Å²) in [7, 11) is 0. The number of amides is 1. The lowest BCUT2D eigenvalue weighted by molar-refractivity contribution is -0.124. The van der Waals surface area contributed by atoms with Crippen molar-refractivity contribution in [3.63, 3.8) is 0 Å². The molecule has 0 bridgehead atoms. The minimum atomic E-state index is -0.672. The number of nitrogens with one attached hydrogen (secondary N) is 1. The molecule has 1 spiro atoms. The summed E-state index contributed by atoms with van der Waals surface area (Å²) < 4.78 is 0. The van der Waals surface area contributed by atoms with Gasteiger partial charge in [-0.1, -0.05) is 31.7 Å². The number of aliphatic imine (C=N–C) groups is 1. The number of anilines is 1. The summed E-state index contributed by atoms with van der Waals surface area (Å²) in [5, 5.41) is 12.5. The van der Waals surface area contributed by atoms with Crippen LogP contribution in [0, 0.1) is 17.2 Å². The third-order valence-corrected chi connectivity index (χ3v) is 6.01. The van der Waals surface area contributed by atoms with Crippen molar-refractivity contribution in [2.45, 2.75) is 44.1 Å². The van der Waals surface area contributed by atoms with Gasteiger partial charge in [0.05, 0.1) is 11.6 Å². The first-order chi connectivity index (χ1) is 13.2. The average molecular weight is 366 g/mol. The summed E-state index contributed by atoms with van der Waals surface area (Å²) in [6, 6.07) is 8.18. The Morgan fingerprint density at radius 3 is 2.41 bits per heavy atom. The van der Waals surface area contributed by atoms with Gasteiger partial charge in [0.1, 0.15) is 5.82 Å². The van der Waals surface area contributed by atoms with Crippen LogP contribution in [0.3, 0.4) is 0 Å². The summed E-state index contributed by atoms with van der Waals surface area (Å²) in [6.07, 6.45) is 7.87. The van der Waals surface area contributed by atoms with Crippen LogP contribution in [0.4, 0.5) is 5.82 Å². The number of rotatable bonds is 1. The van der Waals surface area contributed by atoms with Gasteiger partial charge in [0.15, 0.2) is 5.92 Å². The van der Waals surface area contributed by atoms with E-state index in [0.717, 1.165) is 70.5 Å². The SMILES string of the molecule is N#C[C@@H]1C(=O)NC(N2CCN(c3ccccn3)CC2)=NC12CCCCCC2. The Balaban J connectivity index is 1.52. The monoisotopic (exact) mass is 366 g/mol. The fraction of sp³-hybridized carbons (Fsp3) is 0.600. The van der Waals surface area contributed by atoms with Crippen molar-refractivity contribution in [1.29, 1.82) is 5.26 Å². The fourth-order valence-corrected chi connectivity index (χ4v) is 4.49. The van der Waals surface area contributed by atoms with Crippen LogP contribution in [0.25, 0.3) is 0 Å². The van der Waals surface area contributed by atoms with Crippen LogP contribution in [0.1, 0.15) is 38.5 Å². The van der Waals surface area contributed by atoms with Gasteiger partial charge in [-0.2, -0.15) is 5.26 Å². The maximum atomic E-state index is 12.7. The van der Waals surface area contributed by atoms with Crippen LogP contribution in [0.5, 0.6) is 0 Å². The van der Waals surface area contributed by atoms with Crippen molar-refractivity contribution in [3.05, 3.63) is 24.4 Å². The number of hydrogen-bond acceptors (Lipinski definition) is 6. The van der Waals surface area contributed by atoms with Gasteiger partial charge in [-0.05, 0) is 25.0 Å². The lowest BCUT2D eigenvalue weighted by Crippen LogP contribution is -2.60. The van der Waals surface area contributed by atoms with Gasteiger partial charge < -0.3 is 9.80 Å². The minimum absolute atomic E-state index is 0.184. The van der Waals surface area contributed by atoms with Crippen LogP contribution < -0.4 is 10.2 Å². The van der Waals surface area contributed by atoms with E-state index in [-0.39, 0.29) is 5.91 Å². The highest BCUT2D eigenvalue weighted by Gasteiger charge is 2.47. The minimum Gasteiger partial charge on any atom is -0.353 e. The molecule has 7 heteroatoms. The summed E-state index contributed by atoms with van der Waals surface area (Å²) in [4.78, 5) is 26.5. The standard InChI is InChI=1S/C20H26N6O/c21-15-16-18(27)23-19(24-20(16)8-4-1-2-5-9-20)26-13-11-25(12-14-26)17-7-3-6-10-22-17/h3,6-7,10,16H,1-2,4-5,8-9,11-14H2,(H,23,24,27)/t16-/m1/s1. The number of carbonyl (C=O) groups is 1. The lowest BCUT2D eigenvalue weighted by Gasteiger charge is -2.42. The smallest absolute Gasteiger partial charge is 0.246 e. The van der Waals surface area contributed by atoms with E-state index in [1.165, 1.54) is 0 Å². The molecule has 0 unspecified atom stereocenters. The molecule has 1 aromatic heterocycles. The molecule has 1 atom stereocenters. The first-order valence-corrected chi connectivity index (χ1v) is 9.93. The van der Waals surface area contributed by atoms with E-state index in [2.05, 4.69) is 26.2 Å². The largest absolute Gasteiger partial charge is 0.353 e. The Morgan fingerprint density at radius 2 is 1.78 bits per heavy atom. The van der Waals surface area contributed by atoms with Gasteiger partial charge >= 0.3 is 0 Å². The lowest BCUT2D eigenvalue weighted by atomic mass is 9.77. The molecule has 2 fully saturated rings. The quantitative estimate of drug-likeness (QED) is 0.821. The number of carbonyl (C=O) groups excluding carboxylic acids is 1. The van der Waals surface area contributed by atoms with E-state index >= 15 is 0 Å². The third kappa shape index (κ3) is 3.48. The number of piperazine rings is 1. The number of aromatic nitrogens is 1. The van der Waals surface area contributed by atoms with Gasteiger partial charge in [0, 0.05) is 32.4 Å². The highest BCUT2D eigenvalue weighted by atomic mass is 16.2. The molecular formula is C20H26N6O. The van der Waals surface area contributed by atoms with Crippen molar-refractivity contribution >= 4 is 17.7 Å². The van der Waals surface area contributed by atoms with E-state index in [4.69, 9.17) is 4.99 Å². The van der Waals surface area contributed by atoms with Gasteiger partial charge in [-0.3, -0.25) is 10.1 Å². The molecule has 3 aliphatic rings. The highest BCUT2D eigenvalue weighted by molar-refractivity contribution is 6.02. The molecule has 1 aliphatic carbocycles. The van der Waals surface area contributed by atoms with Crippen molar-refractivity contribution in [2.24, 2.45) is 10.9 Å². The Morgan fingerprint density at radius 1 is 1.07 bits per heavy atom. The Hall–Kier alpha value is -2.62. The zero-order valence-corrected chi connectivity index (χ0v) is 15.6. The molecule has 0 aromatic carbocycles. The number of guanidine groups is 1. The molecule has 1 saturated heterocycles. The molecule has 1 amide bonds. The van der Waals surface area contributed by atoms with Crippen molar-refractivity contribution in [1.82, 2.24) is 15.2 Å².